The van der Waals surface area contributed by atoms with E-state index in [1.54, 1.807) is 0 Å². The highest BCUT2D eigenvalue weighted by Gasteiger charge is 2.16. The Hall–Kier alpha value is -2.10. The summed E-state index contributed by atoms with van der Waals surface area (Å²) >= 11 is 0. The van der Waals surface area contributed by atoms with Crippen LogP contribution >= 0.6 is 0 Å². The Bertz CT molecular complexity index is 628. The number of aldehydes is 1. The first-order chi connectivity index (χ1) is 8.79. The Kier molecular flexibility index (Phi) is 2.63. The predicted octanol–water partition coefficient (Wildman–Crippen LogP) is 2.11. The van der Waals surface area contributed by atoms with Gasteiger partial charge in [0.2, 0.25) is 5.91 Å². The molecule has 4 nitrogen and oxygen atoms in total. The standard InChI is InChI=1S/C14H14N2O2/c17-8-6-10-9-16-7-2-5-13(18)15-12-4-1-3-11(10)14(12)16/h1,3-4,8-9H,2,5-7H2,(H,15,18). The van der Waals surface area contributed by atoms with E-state index in [1.807, 2.05) is 24.4 Å². The van der Waals surface area contributed by atoms with E-state index in [4.69, 9.17) is 0 Å². The number of amides is 1. The van der Waals surface area contributed by atoms with Crippen LogP contribution in [0.5, 0.6) is 0 Å². The van der Waals surface area contributed by atoms with Crippen LogP contribution in [0.3, 0.4) is 0 Å². The summed E-state index contributed by atoms with van der Waals surface area (Å²) in [6, 6.07) is 5.83. The number of aryl methyl sites for hydroxylation is 1. The molecule has 4 heteroatoms. The molecule has 1 aromatic carbocycles. The largest absolute Gasteiger partial charge is 0.345 e. The molecule has 92 valence electrons. The SMILES string of the molecule is O=CCc1cn2c3c(cccc13)NC(=O)CCC2. The molecule has 0 bridgehead atoms. The third kappa shape index (κ3) is 1.70. The number of carbonyl (C=O) groups excluding carboxylic acids is 2. The van der Waals surface area contributed by atoms with Gasteiger partial charge in [0.1, 0.15) is 6.29 Å². The van der Waals surface area contributed by atoms with Crippen LogP contribution in [-0.2, 0) is 22.6 Å². The van der Waals surface area contributed by atoms with Crippen LogP contribution in [-0.4, -0.2) is 16.8 Å². The molecule has 0 saturated carbocycles. The highest BCUT2D eigenvalue weighted by Crippen LogP contribution is 2.30. The maximum atomic E-state index is 11.6. The Morgan fingerprint density at radius 1 is 1.39 bits per heavy atom. The highest BCUT2D eigenvalue weighted by atomic mass is 16.1. The van der Waals surface area contributed by atoms with Crippen LogP contribution in [0.15, 0.2) is 24.4 Å². The van der Waals surface area contributed by atoms with Gasteiger partial charge in [-0.15, -0.1) is 0 Å². The van der Waals surface area contributed by atoms with Gasteiger partial charge in [-0.2, -0.15) is 0 Å². The zero-order valence-corrected chi connectivity index (χ0v) is 9.98. The molecule has 2 heterocycles. The summed E-state index contributed by atoms with van der Waals surface area (Å²) in [5, 5.41) is 3.99. The lowest BCUT2D eigenvalue weighted by molar-refractivity contribution is -0.116. The fraction of sp³-hybridized carbons (Fsp3) is 0.286. The topological polar surface area (TPSA) is 51.1 Å². The van der Waals surface area contributed by atoms with Crippen molar-refractivity contribution in [3.05, 3.63) is 30.0 Å². The van der Waals surface area contributed by atoms with E-state index in [0.717, 1.165) is 41.4 Å². The molecule has 0 fully saturated rings. The van der Waals surface area contributed by atoms with Gasteiger partial charge in [-0.1, -0.05) is 12.1 Å². The first kappa shape index (κ1) is 11.0. The fourth-order valence-electron chi connectivity index (χ4n) is 2.59. The zero-order valence-electron chi connectivity index (χ0n) is 9.98. The number of anilines is 1. The van der Waals surface area contributed by atoms with E-state index in [-0.39, 0.29) is 5.91 Å². The number of aromatic nitrogens is 1. The molecule has 1 aromatic heterocycles. The summed E-state index contributed by atoms with van der Waals surface area (Å²) in [5.74, 6) is 0.0619. The molecule has 0 atom stereocenters. The normalized spacial score (nSPS) is 15.0. The number of hydrogen-bond donors (Lipinski definition) is 1. The lowest BCUT2D eigenvalue weighted by atomic mass is 10.1. The monoisotopic (exact) mass is 242 g/mol. The molecular weight excluding hydrogens is 228 g/mol. The molecule has 18 heavy (non-hydrogen) atoms. The minimum absolute atomic E-state index is 0.0619. The van der Waals surface area contributed by atoms with Crippen molar-refractivity contribution in [2.24, 2.45) is 0 Å². The van der Waals surface area contributed by atoms with Crippen LogP contribution in [0.4, 0.5) is 5.69 Å². The Morgan fingerprint density at radius 3 is 3.11 bits per heavy atom. The van der Waals surface area contributed by atoms with Gasteiger partial charge in [0.15, 0.2) is 0 Å². The van der Waals surface area contributed by atoms with Crippen molar-refractivity contribution in [2.75, 3.05) is 5.32 Å². The quantitative estimate of drug-likeness (QED) is 0.820. The second-order valence-corrected chi connectivity index (χ2v) is 4.57. The van der Waals surface area contributed by atoms with Crippen molar-refractivity contribution in [3.63, 3.8) is 0 Å². The summed E-state index contributed by atoms with van der Waals surface area (Å²) in [7, 11) is 0. The van der Waals surface area contributed by atoms with Gasteiger partial charge in [-0.25, -0.2) is 0 Å². The van der Waals surface area contributed by atoms with Gasteiger partial charge >= 0.3 is 0 Å². The van der Waals surface area contributed by atoms with Gasteiger partial charge in [0.05, 0.1) is 11.2 Å². The molecule has 0 saturated heterocycles. The summed E-state index contributed by atoms with van der Waals surface area (Å²) in [6.45, 7) is 0.819. The van der Waals surface area contributed by atoms with Gasteiger partial charge < -0.3 is 14.7 Å². The van der Waals surface area contributed by atoms with Crippen molar-refractivity contribution >= 4 is 28.8 Å². The van der Waals surface area contributed by atoms with E-state index in [9.17, 15) is 9.59 Å². The van der Waals surface area contributed by atoms with E-state index in [1.165, 1.54) is 0 Å². The third-order valence-electron chi connectivity index (χ3n) is 3.36. The average molecular weight is 242 g/mol. The minimum Gasteiger partial charge on any atom is -0.345 e. The minimum atomic E-state index is 0.0619. The lowest BCUT2D eigenvalue weighted by Crippen LogP contribution is -2.15. The first-order valence-corrected chi connectivity index (χ1v) is 6.14. The van der Waals surface area contributed by atoms with Crippen molar-refractivity contribution in [3.8, 4) is 0 Å². The molecular formula is C14H14N2O2. The number of benzene rings is 1. The molecule has 3 rings (SSSR count). The third-order valence-corrected chi connectivity index (χ3v) is 3.36. The van der Waals surface area contributed by atoms with E-state index < -0.39 is 0 Å². The Labute approximate surface area is 105 Å². The summed E-state index contributed by atoms with van der Waals surface area (Å²) in [6.07, 6.45) is 4.73. The molecule has 0 spiro atoms. The van der Waals surface area contributed by atoms with Crippen LogP contribution in [0, 0.1) is 0 Å². The number of hydrogen-bond acceptors (Lipinski definition) is 2. The molecule has 0 aliphatic carbocycles. The van der Waals surface area contributed by atoms with Crippen molar-refractivity contribution in [2.45, 2.75) is 25.8 Å². The average Bonchev–Trinajstić information content (AvgIpc) is 2.68. The number of nitrogens with zero attached hydrogens (tertiary/aromatic N) is 1. The predicted molar refractivity (Wildman–Crippen MR) is 69.6 cm³/mol. The Balaban J connectivity index is 2.25. The van der Waals surface area contributed by atoms with Crippen LogP contribution in [0.2, 0.25) is 0 Å². The summed E-state index contributed by atoms with van der Waals surface area (Å²) in [4.78, 5) is 22.4. The lowest BCUT2D eigenvalue weighted by Gasteiger charge is -2.14. The smallest absolute Gasteiger partial charge is 0.224 e. The number of rotatable bonds is 2. The maximum Gasteiger partial charge on any atom is 0.224 e. The first-order valence-electron chi connectivity index (χ1n) is 6.14. The van der Waals surface area contributed by atoms with Gasteiger partial charge in [-0.3, -0.25) is 4.79 Å². The molecule has 1 aliphatic rings. The number of para-hydroxylation sites is 1. The van der Waals surface area contributed by atoms with Gasteiger partial charge in [0.25, 0.3) is 0 Å². The van der Waals surface area contributed by atoms with Gasteiger partial charge in [0, 0.05) is 31.0 Å². The molecule has 1 N–H and O–H groups in total. The van der Waals surface area contributed by atoms with Crippen LogP contribution in [0.25, 0.3) is 10.9 Å². The molecule has 1 amide bonds. The van der Waals surface area contributed by atoms with Gasteiger partial charge in [-0.05, 0) is 18.1 Å². The molecule has 0 unspecified atom stereocenters. The van der Waals surface area contributed by atoms with Crippen molar-refractivity contribution in [1.29, 1.82) is 0 Å². The fourth-order valence-corrected chi connectivity index (χ4v) is 2.59. The van der Waals surface area contributed by atoms with E-state index in [2.05, 4.69) is 9.88 Å². The molecule has 1 aliphatic heterocycles. The number of carbonyl (C=O) groups is 2. The van der Waals surface area contributed by atoms with Crippen LogP contribution in [0.1, 0.15) is 18.4 Å². The molecule has 2 aromatic rings. The van der Waals surface area contributed by atoms with E-state index in [0.29, 0.717) is 12.8 Å². The van der Waals surface area contributed by atoms with Crippen LogP contribution < -0.4 is 5.32 Å². The zero-order chi connectivity index (χ0) is 12.5. The maximum absolute atomic E-state index is 11.6. The highest BCUT2D eigenvalue weighted by molar-refractivity contribution is 6.02. The van der Waals surface area contributed by atoms with Crippen molar-refractivity contribution in [1.82, 2.24) is 4.57 Å². The summed E-state index contributed by atoms with van der Waals surface area (Å²) < 4.78 is 2.14. The Morgan fingerprint density at radius 2 is 2.28 bits per heavy atom. The summed E-state index contributed by atoms with van der Waals surface area (Å²) in [5.41, 5.74) is 2.90. The van der Waals surface area contributed by atoms with Crippen molar-refractivity contribution < 1.29 is 9.59 Å². The second kappa shape index (κ2) is 4.29. The second-order valence-electron chi connectivity index (χ2n) is 4.57. The van der Waals surface area contributed by atoms with E-state index >= 15 is 0 Å². The number of nitrogens with one attached hydrogen (secondary N) is 1. The molecule has 0 radical (unpaired) electrons.